The van der Waals surface area contributed by atoms with Crippen molar-refractivity contribution >= 4 is 35.1 Å². The highest BCUT2D eigenvalue weighted by molar-refractivity contribution is 8.16. The number of nitrogens with one attached hydrogen (secondary N) is 1. The number of amides is 1. The Morgan fingerprint density at radius 1 is 0.939 bits per heavy atom. The van der Waals surface area contributed by atoms with Crippen molar-refractivity contribution in [2.24, 2.45) is 0 Å². The van der Waals surface area contributed by atoms with Gasteiger partial charge in [0.1, 0.15) is 5.75 Å². The zero-order chi connectivity index (χ0) is 22.7. The van der Waals surface area contributed by atoms with Crippen LogP contribution in [0.2, 0.25) is 0 Å². The second kappa shape index (κ2) is 13.2. The first-order valence-corrected chi connectivity index (χ1v) is 14.1. The van der Waals surface area contributed by atoms with E-state index in [4.69, 9.17) is 4.74 Å². The predicted octanol–water partition coefficient (Wildman–Crippen LogP) is 4.65. The van der Waals surface area contributed by atoms with Crippen molar-refractivity contribution in [3.8, 4) is 5.75 Å². The van der Waals surface area contributed by atoms with Gasteiger partial charge in [-0.05, 0) is 67.1 Å². The molecule has 2 aromatic carbocycles. The van der Waals surface area contributed by atoms with Crippen LogP contribution in [0.15, 0.2) is 54.6 Å². The van der Waals surface area contributed by atoms with Crippen LogP contribution in [0.1, 0.15) is 29.4 Å². The number of benzene rings is 2. The van der Waals surface area contributed by atoms with Crippen LogP contribution in [0.3, 0.4) is 0 Å². The molecule has 4 rings (SSSR count). The third-order valence-electron chi connectivity index (χ3n) is 6.07. The lowest BCUT2D eigenvalue weighted by Gasteiger charge is -2.36. The zero-order valence-electron chi connectivity index (χ0n) is 19.3. The molecule has 1 N–H and O–H groups in total. The molecule has 0 aromatic heterocycles. The predicted molar refractivity (Wildman–Crippen MR) is 142 cm³/mol. The molecule has 0 spiro atoms. The fourth-order valence-corrected chi connectivity index (χ4v) is 7.05. The van der Waals surface area contributed by atoms with E-state index in [-0.39, 0.29) is 12.5 Å². The fourth-order valence-electron chi connectivity index (χ4n) is 4.16. The first-order valence-electron chi connectivity index (χ1n) is 12.0. The van der Waals surface area contributed by atoms with Gasteiger partial charge in [-0.1, -0.05) is 30.3 Å². The standard InChI is InChI=1S/C26H35N3O2S2/c30-25(21-31-24-11-9-22(10-12-24)26-32-19-6-20-33-26)27-13-4-5-14-28-15-17-29(18-16-28)23-7-2-1-3-8-23/h1-3,7-12,26H,4-6,13-21H2,(H,27,30). The quantitative estimate of drug-likeness (QED) is 0.494. The molecule has 178 valence electrons. The SMILES string of the molecule is O=C(COc1ccc(C2SCCCS2)cc1)NCCCCN1CCN(c2ccccc2)CC1. The van der Waals surface area contributed by atoms with Crippen molar-refractivity contribution in [3.63, 3.8) is 0 Å². The van der Waals surface area contributed by atoms with E-state index in [2.05, 4.69) is 57.6 Å². The maximum Gasteiger partial charge on any atom is 0.257 e. The number of rotatable bonds is 10. The van der Waals surface area contributed by atoms with Crippen LogP contribution in [0.5, 0.6) is 5.75 Å². The zero-order valence-corrected chi connectivity index (χ0v) is 20.9. The molecule has 0 atom stereocenters. The molecule has 2 saturated heterocycles. The highest BCUT2D eigenvalue weighted by Gasteiger charge is 2.17. The molecule has 2 heterocycles. The largest absolute Gasteiger partial charge is 0.484 e. The molecule has 0 unspecified atom stereocenters. The lowest BCUT2D eigenvalue weighted by atomic mass is 10.2. The lowest BCUT2D eigenvalue weighted by molar-refractivity contribution is -0.123. The number of nitrogens with zero attached hydrogens (tertiary/aromatic N) is 2. The maximum atomic E-state index is 12.1. The normalized spacial score (nSPS) is 17.6. The van der Waals surface area contributed by atoms with Crippen LogP contribution in [0.25, 0.3) is 0 Å². The van der Waals surface area contributed by atoms with E-state index in [1.807, 2.05) is 35.7 Å². The summed E-state index contributed by atoms with van der Waals surface area (Å²) in [4.78, 5) is 17.1. The second-order valence-electron chi connectivity index (χ2n) is 8.51. The summed E-state index contributed by atoms with van der Waals surface area (Å²) < 4.78 is 6.20. The van der Waals surface area contributed by atoms with Gasteiger partial charge in [0, 0.05) is 38.4 Å². The molecule has 2 fully saturated rings. The minimum Gasteiger partial charge on any atom is -0.484 e. The number of piperazine rings is 1. The van der Waals surface area contributed by atoms with Gasteiger partial charge in [-0.25, -0.2) is 0 Å². The van der Waals surface area contributed by atoms with Gasteiger partial charge in [0.25, 0.3) is 5.91 Å². The van der Waals surface area contributed by atoms with Gasteiger partial charge in [0.05, 0.1) is 4.58 Å². The highest BCUT2D eigenvalue weighted by Crippen LogP contribution is 2.43. The first kappa shape index (κ1) is 24.3. The van der Waals surface area contributed by atoms with Crippen LogP contribution in [-0.2, 0) is 4.79 Å². The monoisotopic (exact) mass is 485 g/mol. The second-order valence-corrected chi connectivity index (χ2v) is 11.2. The Bertz CT molecular complexity index is 836. The molecule has 2 aliphatic rings. The number of para-hydroxylation sites is 1. The van der Waals surface area contributed by atoms with Crippen molar-refractivity contribution in [3.05, 3.63) is 60.2 Å². The molecule has 0 radical (unpaired) electrons. The van der Waals surface area contributed by atoms with E-state index >= 15 is 0 Å². The van der Waals surface area contributed by atoms with Crippen LogP contribution in [0, 0.1) is 0 Å². The topological polar surface area (TPSA) is 44.8 Å². The number of carbonyl (C=O) groups excluding carboxylic acids is 1. The number of thioether (sulfide) groups is 2. The Hall–Kier alpha value is -1.83. The number of unbranched alkanes of at least 4 members (excludes halogenated alkanes) is 1. The number of hydrogen-bond acceptors (Lipinski definition) is 6. The molecular weight excluding hydrogens is 450 g/mol. The Kier molecular flexibility index (Phi) is 9.69. The molecule has 0 saturated carbocycles. The molecule has 2 aliphatic heterocycles. The van der Waals surface area contributed by atoms with Crippen molar-refractivity contribution < 1.29 is 9.53 Å². The fraction of sp³-hybridized carbons (Fsp3) is 0.500. The molecule has 33 heavy (non-hydrogen) atoms. The first-order chi connectivity index (χ1) is 16.3. The summed E-state index contributed by atoms with van der Waals surface area (Å²) in [6.45, 7) is 6.25. The molecule has 7 heteroatoms. The number of ether oxygens (including phenoxy) is 1. The van der Waals surface area contributed by atoms with Crippen molar-refractivity contribution in [1.29, 1.82) is 0 Å². The smallest absolute Gasteiger partial charge is 0.257 e. The molecule has 0 bridgehead atoms. The van der Waals surface area contributed by atoms with Gasteiger partial charge < -0.3 is 15.0 Å². The van der Waals surface area contributed by atoms with Gasteiger partial charge in [0.15, 0.2) is 6.61 Å². The summed E-state index contributed by atoms with van der Waals surface area (Å²) in [5.41, 5.74) is 2.66. The molecule has 2 aromatic rings. The number of carbonyl (C=O) groups is 1. The van der Waals surface area contributed by atoms with Crippen molar-refractivity contribution in [1.82, 2.24) is 10.2 Å². The van der Waals surface area contributed by atoms with Crippen LogP contribution in [-0.4, -0.2) is 68.2 Å². The highest BCUT2D eigenvalue weighted by atomic mass is 32.2. The summed E-state index contributed by atoms with van der Waals surface area (Å²) in [6.07, 6.45) is 3.40. The average Bonchev–Trinajstić information content (AvgIpc) is 2.89. The Balaban J connectivity index is 1.04. The summed E-state index contributed by atoms with van der Waals surface area (Å²) in [7, 11) is 0. The van der Waals surface area contributed by atoms with E-state index in [9.17, 15) is 4.79 Å². The maximum absolute atomic E-state index is 12.1. The van der Waals surface area contributed by atoms with Crippen LogP contribution < -0.4 is 15.0 Å². The van der Waals surface area contributed by atoms with Crippen molar-refractivity contribution in [2.75, 3.05) is 62.3 Å². The Morgan fingerprint density at radius 3 is 2.39 bits per heavy atom. The van der Waals surface area contributed by atoms with Crippen molar-refractivity contribution in [2.45, 2.75) is 23.8 Å². The van der Waals surface area contributed by atoms with E-state index in [1.165, 1.54) is 29.2 Å². The third-order valence-corrected chi connectivity index (χ3v) is 9.08. The van der Waals surface area contributed by atoms with Gasteiger partial charge in [-0.3, -0.25) is 9.69 Å². The Labute approximate surface area is 206 Å². The molecule has 1 amide bonds. The van der Waals surface area contributed by atoms with E-state index < -0.39 is 0 Å². The van der Waals surface area contributed by atoms with Gasteiger partial charge in [-0.2, -0.15) is 0 Å². The summed E-state index contributed by atoms with van der Waals surface area (Å²) in [5, 5.41) is 2.98. The van der Waals surface area contributed by atoms with E-state index in [0.29, 0.717) is 11.1 Å². The van der Waals surface area contributed by atoms with Crippen LogP contribution >= 0.6 is 23.5 Å². The Morgan fingerprint density at radius 2 is 1.67 bits per heavy atom. The average molecular weight is 486 g/mol. The summed E-state index contributed by atoms with van der Waals surface area (Å²) in [6, 6.07) is 18.9. The van der Waals surface area contributed by atoms with Crippen LogP contribution in [0.4, 0.5) is 5.69 Å². The lowest BCUT2D eigenvalue weighted by Crippen LogP contribution is -2.46. The minimum absolute atomic E-state index is 0.0473. The summed E-state index contributed by atoms with van der Waals surface area (Å²) in [5.74, 6) is 3.19. The molecular formula is C26H35N3O2S2. The third kappa shape index (κ3) is 7.87. The molecule has 5 nitrogen and oxygen atoms in total. The van der Waals surface area contributed by atoms with Gasteiger partial charge in [0.2, 0.25) is 0 Å². The molecule has 0 aliphatic carbocycles. The van der Waals surface area contributed by atoms with Gasteiger partial charge >= 0.3 is 0 Å². The summed E-state index contributed by atoms with van der Waals surface area (Å²) >= 11 is 4.03. The van der Waals surface area contributed by atoms with E-state index in [1.54, 1.807) is 0 Å². The number of anilines is 1. The number of hydrogen-bond donors (Lipinski definition) is 1. The van der Waals surface area contributed by atoms with Gasteiger partial charge in [-0.15, -0.1) is 23.5 Å². The minimum atomic E-state index is -0.0473. The van der Waals surface area contributed by atoms with E-state index in [0.717, 1.165) is 51.3 Å².